The van der Waals surface area contributed by atoms with Crippen LogP contribution < -0.4 is 10.5 Å². The van der Waals surface area contributed by atoms with E-state index < -0.39 is 0 Å². The van der Waals surface area contributed by atoms with Crippen molar-refractivity contribution < 1.29 is 9.84 Å². The number of aromatic nitrogens is 1. The van der Waals surface area contributed by atoms with Gasteiger partial charge in [0.25, 0.3) is 0 Å². The molecule has 1 aromatic heterocycles. The summed E-state index contributed by atoms with van der Waals surface area (Å²) < 4.78 is 5.04. The summed E-state index contributed by atoms with van der Waals surface area (Å²) in [5, 5.41) is 9.18. The predicted molar refractivity (Wildman–Crippen MR) is 54.6 cm³/mol. The maximum atomic E-state index is 8.80. The van der Waals surface area contributed by atoms with Crippen molar-refractivity contribution >= 4 is 11.6 Å². The van der Waals surface area contributed by atoms with E-state index in [0.29, 0.717) is 17.5 Å². The summed E-state index contributed by atoms with van der Waals surface area (Å²) in [6.45, 7) is -0.0637. The van der Waals surface area contributed by atoms with Crippen LogP contribution in [0.3, 0.4) is 0 Å². The number of aliphatic hydroxyl groups excluding tert-OH is 1. The zero-order valence-corrected chi connectivity index (χ0v) is 8.66. The number of nitrogens with two attached hydrogens (primary N) is 1. The van der Waals surface area contributed by atoms with Gasteiger partial charge in [0.1, 0.15) is 5.15 Å². The molecule has 1 unspecified atom stereocenters. The molecule has 1 atom stereocenters. The minimum absolute atomic E-state index is 0.0637. The first-order valence-electron chi connectivity index (χ1n) is 4.23. The maximum absolute atomic E-state index is 8.80. The van der Waals surface area contributed by atoms with Crippen molar-refractivity contribution in [3.05, 3.63) is 22.8 Å². The standard InChI is InChI=1S/C9H13ClN2O2/c1-14-9-6(4-7(11)5-13)2-3-8(10)12-9/h2-3,7,13H,4-5,11H2,1H3. The highest BCUT2D eigenvalue weighted by Crippen LogP contribution is 2.19. The van der Waals surface area contributed by atoms with Crippen LogP contribution in [0.2, 0.25) is 5.15 Å². The topological polar surface area (TPSA) is 68.4 Å². The Morgan fingerprint density at radius 2 is 2.36 bits per heavy atom. The highest BCUT2D eigenvalue weighted by atomic mass is 35.5. The summed E-state index contributed by atoms with van der Waals surface area (Å²) in [5.74, 6) is 0.460. The lowest BCUT2D eigenvalue weighted by Crippen LogP contribution is -2.27. The molecule has 0 radical (unpaired) electrons. The molecule has 0 spiro atoms. The minimum atomic E-state index is -0.299. The third-order valence-electron chi connectivity index (χ3n) is 1.82. The van der Waals surface area contributed by atoms with Crippen LogP contribution in [0.15, 0.2) is 12.1 Å². The van der Waals surface area contributed by atoms with Gasteiger partial charge in [-0.15, -0.1) is 0 Å². The molecule has 14 heavy (non-hydrogen) atoms. The van der Waals surface area contributed by atoms with Gasteiger partial charge in [0.15, 0.2) is 0 Å². The van der Waals surface area contributed by atoms with Crippen LogP contribution in [0.4, 0.5) is 0 Å². The van der Waals surface area contributed by atoms with Gasteiger partial charge in [-0.25, -0.2) is 4.98 Å². The third-order valence-corrected chi connectivity index (χ3v) is 2.03. The molecule has 1 heterocycles. The smallest absolute Gasteiger partial charge is 0.217 e. The molecule has 1 aromatic rings. The Bertz CT molecular complexity index is 307. The van der Waals surface area contributed by atoms with Crippen molar-refractivity contribution in [3.63, 3.8) is 0 Å². The molecule has 78 valence electrons. The minimum Gasteiger partial charge on any atom is -0.481 e. The molecule has 0 amide bonds. The van der Waals surface area contributed by atoms with E-state index in [0.717, 1.165) is 5.56 Å². The van der Waals surface area contributed by atoms with E-state index in [1.807, 2.05) is 0 Å². The summed E-state index contributed by atoms with van der Waals surface area (Å²) in [5.41, 5.74) is 6.45. The lowest BCUT2D eigenvalue weighted by Gasteiger charge is -2.11. The molecule has 4 nitrogen and oxygen atoms in total. The molecule has 0 aliphatic carbocycles. The molecule has 0 saturated carbocycles. The second-order valence-corrected chi connectivity index (χ2v) is 3.34. The van der Waals surface area contributed by atoms with Crippen LogP contribution in [-0.4, -0.2) is 29.8 Å². The Hall–Kier alpha value is -0.840. The normalized spacial score (nSPS) is 12.6. The molecule has 0 saturated heterocycles. The highest BCUT2D eigenvalue weighted by molar-refractivity contribution is 6.29. The van der Waals surface area contributed by atoms with Crippen molar-refractivity contribution in [2.24, 2.45) is 5.73 Å². The number of halogens is 1. The average Bonchev–Trinajstić information content (AvgIpc) is 2.20. The SMILES string of the molecule is COc1nc(Cl)ccc1CC(N)CO. The molecule has 0 aliphatic rings. The summed E-state index contributed by atoms with van der Waals surface area (Å²) in [7, 11) is 1.52. The number of ether oxygens (including phenoxy) is 1. The molecular weight excluding hydrogens is 204 g/mol. The maximum Gasteiger partial charge on any atom is 0.217 e. The van der Waals surface area contributed by atoms with Crippen molar-refractivity contribution in [2.75, 3.05) is 13.7 Å². The number of rotatable bonds is 4. The number of nitrogens with zero attached hydrogens (tertiary/aromatic N) is 1. The van der Waals surface area contributed by atoms with Crippen molar-refractivity contribution in [1.29, 1.82) is 0 Å². The quantitative estimate of drug-likeness (QED) is 0.724. The van der Waals surface area contributed by atoms with Gasteiger partial charge in [-0.05, 0) is 12.5 Å². The fourth-order valence-electron chi connectivity index (χ4n) is 1.13. The van der Waals surface area contributed by atoms with E-state index in [-0.39, 0.29) is 12.6 Å². The highest BCUT2D eigenvalue weighted by Gasteiger charge is 2.09. The third kappa shape index (κ3) is 2.83. The number of methoxy groups -OCH3 is 1. The molecule has 5 heteroatoms. The lowest BCUT2D eigenvalue weighted by atomic mass is 10.1. The largest absolute Gasteiger partial charge is 0.481 e. The van der Waals surface area contributed by atoms with E-state index in [4.69, 9.17) is 27.2 Å². The first kappa shape index (κ1) is 11.2. The van der Waals surface area contributed by atoms with Gasteiger partial charge in [-0.1, -0.05) is 17.7 Å². The van der Waals surface area contributed by atoms with E-state index in [1.165, 1.54) is 7.11 Å². The number of pyridine rings is 1. The molecule has 3 N–H and O–H groups in total. The Morgan fingerprint density at radius 3 is 2.93 bits per heavy atom. The van der Waals surface area contributed by atoms with E-state index >= 15 is 0 Å². The van der Waals surface area contributed by atoms with Crippen molar-refractivity contribution in [3.8, 4) is 5.88 Å². The Morgan fingerprint density at radius 1 is 1.64 bits per heavy atom. The van der Waals surface area contributed by atoms with Crippen LogP contribution in [0.1, 0.15) is 5.56 Å². The second-order valence-electron chi connectivity index (χ2n) is 2.95. The van der Waals surface area contributed by atoms with Gasteiger partial charge in [0, 0.05) is 11.6 Å². The zero-order valence-electron chi connectivity index (χ0n) is 7.90. The summed E-state index contributed by atoms with van der Waals surface area (Å²) in [6, 6.07) is 3.17. The Labute approximate surface area is 87.7 Å². The van der Waals surface area contributed by atoms with Gasteiger partial charge in [0.2, 0.25) is 5.88 Å². The van der Waals surface area contributed by atoms with Gasteiger partial charge >= 0.3 is 0 Å². The molecule has 0 bridgehead atoms. The van der Waals surface area contributed by atoms with Crippen LogP contribution in [0.25, 0.3) is 0 Å². The van der Waals surface area contributed by atoms with Gasteiger partial charge < -0.3 is 15.6 Å². The van der Waals surface area contributed by atoms with E-state index in [9.17, 15) is 0 Å². The van der Waals surface area contributed by atoms with Crippen molar-refractivity contribution in [1.82, 2.24) is 4.98 Å². The van der Waals surface area contributed by atoms with Crippen LogP contribution in [0.5, 0.6) is 5.88 Å². The summed E-state index contributed by atoms with van der Waals surface area (Å²) in [6.07, 6.45) is 0.518. The van der Waals surface area contributed by atoms with Crippen LogP contribution in [-0.2, 0) is 6.42 Å². The van der Waals surface area contributed by atoms with Gasteiger partial charge in [0.05, 0.1) is 13.7 Å². The zero-order chi connectivity index (χ0) is 10.6. The lowest BCUT2D eigenvalue weighted by molar-refractivity contribution is 0.264. The van der Waals surface area contributed by atoms with Gasteiger partial charge in [-0.3, -0.25) is 0 Å². The van der Waals surface area contributed by atoms with Crippen LogP contribution >= 0.6 is 11.6 Å². The molecular formula is C9H13ClN2O2. The molecule has 1 rings (SSSR count). The molecule has 0 aliphatic heterocycles. The molecule has 0 aromatic carbocycles. The number of hydrogen-bond donors (Lipinski definition) is 2. The van der Waals surface area contributed by atoms with E-state index in [2.05, 4.69) is 4.98 Å². The fraction of sp³-hybridized carbons (Fsp3) is 0.444. The van der Waals surface area contributed by atoms with Gasteiger partial charge in [-0.2, -0.15) is 0 Å². The predicted octanol–water partition coefficient (Wildman–Crippen LogP) is 0.606. The van der Waals surface area contributed by atoms with Crippen LogP contribution in [0, 0.1) is 0 Å². The summed E-state index contributed by atoms with van der Waals surface area (Å²) >= 11 is 5.69. The number of aliphatic hydroxyl groups is 1. The summed E-state index contributed by atoms with van der Waals surface area (Å²) in [4.78, 5) is 3.98. The van der Waals surface area contributed by atoms with Crippen molar-refractivity contribution in [2.45, 2.75) is 12.5 Å². The monoisotopic (exact) mass is 216 g/mol. The first-order chi connectivity index (χ1) is 6.67. The Kier molecular flexibility index (Phi) is 4.13. The second kappa shape index (κ2) is 5.14. The molecule has 0 fully saturated rings. The Balaban J connectivity index is 2.85. The first-order valence-corrected chi connectivity index (χ1v) is 4.61. The fourth-order valence-corrected chi connectivity index (χ4v) is 1.27. The number of hydrogen-bond acceptors (Lipinski definition) is 4. The van der Waals surface area contributed by atoms with E-state index in [1.54, 1.807) is 12.1 Å². The average molecular weight is 217 g/mol.